The Morgan fingerprint density at radius 1 is 0.800 bits per heavy atom. The van der Waals surface area contributed by atoms with E-state index in [0.717, 1.165) is 32.1 Å². The number of carboxylic acids is 1. The smallest absolute Gasteiger partial charge is 0.303 e. The number of allylic oxidation sites excluding steroid dienone is 11. The van der Waals surface area contributed by atoms with E-state index >= 15 is 0 Å². The van der Waals surface area contributed by atoms with Gasteiger partial charge in [-0.25, -0.2) is 0 Å². The van der Waals surface area contributed by atoms with Gasteiger partial charge in [-0.2, -0.15) is 0 Å². The molecule has 0 radical (unpaired) electrons. The van der Waals surface area contributed by atoms with E-state index in [-0.39, 0.29) is 12.5 Å². The fourth-order valence-corrected chi connectivity index (χ4v) is 1.80. The number of carboxylic acid groups (broad SMARTS) is 1. The predicted octanol–water partition coefficient (Wildman–Crippen LogP) is 5.52. The van der Waals surface area contributed by atoms with Crippen LogP contribution in [0.25, 0.3) is 0 Å². The van der Waals surface area contributed by atoms with Crippen LogP contribution in [0.5, 0.6) is 0 Å². The summed E-state index contributed by atoms with van der Waals surface area (Å²) < 4.78 is 0. The molecule has 0 spiro atoms. The lowest BCUT2D eigenvalue weighted by Crippen LogP contribution is -1.97. The summed E-state index contributed by atoms with van der Waals surface area (Å²) in [6, 6.07) is 0. The van der Waals surface area contributed by atoms with Gasteiger partial charge in [0.15, 0.2) is 0 Å². The molecule has 3 nitrogen and oxygen atoms in total. The number of hydrogen-bond donors (Lipinski definition) is 2. The maximum atomic E-state index is 10.3. The van der Waals surface area contributed by atoms with Crippen LogP contribution in [0.1, 0.15) is 51.9 Å². The molecule has 25 heavy (non-hydrogen) atoms. The lowest BCUT2D eigenvalue weighted by molar-refractivity contribution is -0.136. The molecule has 0 aliphatic rings. The van der Waals surface area contributed by atoms with Crippen LogP contribution in [0.4, 0.5) is 0 Å². The lowest BCUT2D eigenvalue weighted by Gasteiger charge is -1.95. The molecule has 0 bridgehead atoms. The highest BCUT2D eigenvalue weighted by molar-refractivity contribution is 5.66. The normalized spacial score (nSPS) is 14.3. The number of aliphatic hydroxyl groups excluding tert-OH is 1. The maximum absolute atomic E-state index is 10.3. The molecule has 0 amide bonds. The van der Waals surface area contributed by atoms with Gasteiger partial charge in [0.05, 0.1) is 6.10 Å². The van der Waals surface area contributed by atoms with Gasteiger partial charge in [0.2, 0.25) is 0 Å². The molecule has 0 aromatic carbocycles. The summed E-state index contributed by atoms with van der Waals surface area (Å²) in [6.07, 6.45) is 29.2. The molecule has 0 saturated carbocycles. The summed E-state index contributed by atoms with van der Waals surface area (Å²) in [6.45, 7) is 1.95. The Morgan fingerprint density at radius 3 is 1.76 bits per heavy atom. The van der Waals surface area contributed by atoms with Crippen molar-refractivity contribution in [2.75, 3.05) is 0 Å². The van der Waals surface area contributed by atoms with Crippen LogP contribution in [-0.2, 0) is 4.79 Å². The van der Waals surface area contributed by atoms with Crippen molar-refractivity contribution in [2.24, 2.45) is 0 Å². The molecule has 0 unspecified atom stereocenters. The molecule has 0 aliphatic heterocycles. The molecule has 0 aromatic rings. The van der Waals surface area contributed by atoms with E-state index in [0.29, 0.717) is 6.42 Å². The lowest BCUT2D eigenvalue weighted by atomic mass is 10.2. The SMILES string of the molecule is CC[C@H](O)/C=C/C=C/C/C=C/C/C=C/C/C=C\C/C=C\CCC(=O)O. The van der Waals surface area contributed by atoms with E-state index in [2.05, 4.69) is 42.5 Å². The number of hydrogen-bond acceptors (Lipinski definition) is 2. The Morgan fingerprint density at radius 2 is 1.28 bits per heavy atom. The van der Waals surface area contributed by atoms with Gasteiger partial charge in [-0.15, -0.1) is 0 Å². The van der Waals surface area contributed by atoms with Crippen LogP contribution in [0.2, 0.25) is 0 Å². The molecule has 1 atom stereocenters. The zero-order chi connectivity index (χ0) is 18.6. The van der Waals surface area contributed by atoms with E-state index < -0.39 is 5.97 Å². The van der Waals surface area contributed by atoms with Crippen LogP contribution < -0.4 is 0 Å². The average Bonchev–Trinajstić information content (AvgIpc) is 2.60. The van der Waals surface area contributed by atoms with E-state index in [1.54, 1.807) is 6.08 Å². The molecular formula is C22H32O3. The summed E-state index contributed by atoms with van der Waals surface area (Å²) in [5.74, 6) is -0.751. The van der Waals surface area contributed by atoms with Crippen LogP contribution in [0.15, 0.2) is 72.9 Å². The van der Waals surface area contributed by atoms with Gasteiger partial charge < -0.3 is 10.2 Å². The Labute approximate surface area is 152 Å². The Bertz CT molecular complexity index is 493. The highest BCUT2D eigenvalue weighted by Crippen LogP contribution is 1.97. The summed E-state index contributed by atoms with van der Waals surface area (Å²) in [4.78, 5) is 10.3. The summed E-state index contributed by atoms with van der Waals surface area (Å²) in [7, 11) is 0. The topological polar surface area (TPSA) is 57.5 Å². The molecule has 0 heterocycles. The second kappa shape index (κ2) is 18.2. The zero-order valence-corrected chi connectivity index (χ0v) is 15.3. The van der Waals surface area contributed by atoms with Gasteiger partial charge >= 0.3 is 5.97 Å². The van der Waals surface area contributed by atoms with Crippen molar-refractivity contribution in [1.29, 1.82) is 0 Å². The van der Waals surface area contributed by atoms with Crippen molar-refractivity contribution >= 4 is 5.97 Å². The molecule has 0 aromatic heterocycles. The van der Waals surface area contributed by atoms with Gasteiger partial charge in [-0.3, -0.25) is 4.79 Å². The number of aliphatic hydroxyl groups is 1. The second-order valence-electron chi connectivity index (χ2n) is 5.55. The largest absolute Gasteiger partial charge is 0.481 e. The Hall–Kier alpha value is -2.13. The van der Waals surface area contributed by atoms with Crippen LogP contribution in [0, 0.1) is 0 Å². The third kappa shape index (κ3) is 19.8. The summed E-state index contributed by atoms with van der Waals surface area (Å²) >= 11 is 0. The van der Waals surface area contributed by atoms with Gasteiger partial charge in [0.25, 0.3) is 0 Å². The Balaban J connectivity index is 3.59. The van der Waals surface area contributed by atoms with Gasteiger partial charge in [-0.1, -0.05) is 79.8 Å². The van der Waals surface area contributed by atoms with Crippen molar-refractivity contribution < 1.29 is 15.0 Å². The van der Waals surface area contributed by atoms with Crippen LogP contribution in [0.3, 0.4) is 0 Å². The van der Waals surface area contributed by atoms with Gasteiger partial charge in [0, 0.05) is 6.42 Å². The minimum absolute atomic E-state index is 0.199. The van der Waals surface area contributed by atoms with E-state index in [1.165, 1.54) is 0 Å². The monoisotopic (exact) mass is 344 g/mol. The standard InChI is InChI=1S/C22H32O3/c1-2-21(23)19-17-15-13-11-9-7-5-3-4-6-8-10-12-14-16-18-20-22(24)25/h3-4,7-10,13-17,19,21,23H,2,5-6,11-12,18,20H2,1H3,(H,24,25)/b4-3+,9-7+,10-8-,15-13+,16-14-,19-17+/t21-/m0/s1. The highest BCUT2D eigenvalue weighted by Gasteiger charge is 1.90. The summed E-state index contributed by atoms with van der Waals surface area (Å²) in [5, 5.41) is 17.8. The molecule has 138 valence electrons. The van der Waals surface area contributed by atoms with E-state index in [1.807, 2.05) is 31.2 Å². The van der Waals surface area contributed by atoms with Crippen molar-refractivity contribution in [3.8, 4) is 0 Å². The molecular weight excluding hydrogens is 312 g/mol. The van der Waals surface area contributed by atoms with Gasteiger partial charge in [-0.05, 0) is 38.5 Å². The first kappa shape index (κ1) is 22.9. The zero-order valence-electron chi connectivity index (χ0n) is 15.3. The van der Waals surface area contributed by atoms with Crippen molar-refractivity contribution in [3.05, 3.63) is 72.9 Å². The van der Waals surface area contributed by atoms with Crippen molar-refractivity contribution in [3.63, 3.8) is 0 Å². The molecule has 2 N–H and O–H groups in total. The van der Waals surface area contributed by atoms with Gasteiger partial charge in [0.1, 0.15) is 0 Å². The third-order valence-electron chi connectivity index (χ3n) is 3.28. The summed E-state index contributed by atoms with van der Waals surface area (Å²) in [5.41, 5.74) is 0. The molecule has 0 aliphatic carbocycles. The first-order valence-electron chi connectivity index (χ1n) is 9.00. The minimum atomic E-state index is -0.751. The van der Waals surface area contributed by atoms with Crippen LogP contribution in [-0.4, -0.2) is 22.3 Å². The second-order valence-corrected chi connectivity index (χ2v) is 5.55. The number of aliphatic carboxylic acids is 1. The first-order chi connectivity index (χ1) is 12.2. The third-order valence-corrected chi connectivity index (χ3v) is 3.28. The average molecular weight is 344 g/mol. The quantitative estimate of drug-likeness (QED) is 0.322. The highest BCUT2D eigenvalue weighted by atomic mass is 16.4. The van der Waals surface area contributed by atoms with E-state index in [4.69, 9.17) is 5.11 Å². The van der Waals surface area contributed by atoms with Crippen molar-refractivity contribution in [1.82, 2.24) is 0 Å². The number of rotatable bonds is 14. The predicted molar refractivity (Wildman–Crippen MR) is 106 cm³/mol. The fraction of sp³-hybridized carbons (Fsp3) is 0.409. The molecule has 3 heteroatoms. The minimum Gasteiger partial charge on any atom is -0.481 e. The fourth-order valence-electron chi connectivity index (χ4n) is 1.80. The van der Waals surface area contributed by atoms with Crippen molar-refractivity contribution in [2.45, 2.75) is 58.0 Å². The molecule has 0 rings (SSSR count). The molecule has 0 fully saturated rings. The maximum Gasteiger partial charge on any atom is 0.303 e. The van der Waals surface area contributed by atoms with E-state index in [9.17, 15) is 9.90 Å². The van der Waals surface area contributed by atoms with Crippen LogP contribution >= 0.6 is 0 Å². The number of carbonyl (C=O) groups is 1. The first-order valence-corrected chi connectivity index (χ1v) is 9.00. The Kier molecular flexibility index (Phi) is 16.7. The molecule has 0 saturated heterocycles.